The molecular formula is C28H27ClN4O. The number of halogens is 1. The highest BCUT2D eigenvalue weighted by Gasteiger charge is 2.29. The van der Waals surface area contributed by atoms with Gasteiger partial charge in [0.15, 0.2) is 0 Å². The lowest BCUT2D eigenvalue weighted by molar-refractivity contribution is 0.0728. The van der Waals surface area contributed by atoms with E-state index in [0.717, 1.165) is 28.7 Å². The quantitative estimate of drug-likeness (QED) is 0.373. The molecule has 34 heavy (non-hydrogen) atoms. The fourth-order valence-corrected chi connectivity index (χ4v) is 4.81. The molecule has 1 saturated heterocycles. The number of rotatable bonds is 3. The number of amides is 1. The highest BCUT2D eigenvalue weighted by molar-refractivity contribution is 6.32. The number of hydrogen-bond acceptors (Lipinski definition) is 4. The van der Waals surface area contributed by atoms with Crippen LogP contribution >= 0.6 is 11.6 Å². The molecule has 2 aromatic heterocycles. The molecule has 0 N–H and O–H groups in total. The van der Waals surface area contributed by atoms with Gasteiger partial charge in [0.1, 0.15) is 0 Å². The first-order valence-electron chi connectivity index (χ1n) is 11.6. The summed E-state index contributed by atoms with van der Waals surface area (Å²) in [6.07, 6.45) is 1.74. The van der Waals surface area contributed by atoms with Crippen molar-refractivity contribution in [3.8, 4) is 11.4 Å². The summed E-state index contributed by atoms with van der Waals surface area (Å²) in [6.45, 7) is 8.31. The molecule has 5 rings (SSSR count). The maximum absolute atomic E-state index is 13.9. The fraction of sp³-hybridized carbons (Fsp3) is 0.250. The Kier molecular flexibility index (Phi) is 5.96. The van der Waals surface area contributed by atoms with Crippen LogP contribution in [0.3, 0.4) is 0 Å². The largest absolute Gasteiger partial charge is 0.365 e. The first-order chi connectivity index (χ1) is 16.4. The molecule has 2 aromatic carbocycles. The molecule has 0 radical (unpaired) electrons. The van der Waals surface area contributed by atoms with Crippen molar-refractivity contribution in [3.63, 3.8) is 0 Å². The number of pyridine rings is 2. The van der Waals surface area contributed by atoms with E-state index in [1.165, 1.54) is 11.3 Å². The Morgan fingerprint density at radius 2 is 1.79 bits per heavy atom. The van der Waals surface area contributed by atoms with E-state index in [1.54, 1.807) is 6.20 Å². The summed E-state index contributed by atoms with van der Waals surface area (Å²) in [7, 11) is 0. The number of aryl methyl sites for hydroxylation is 2. The zero-order valence-corrected chi connectivity index (χ0v) is 20.4. The van der Waals surface area contributed by atoms with Gasteiger partial charge in [-0.1, -0.05) is 41.4 Å². The first-order valence-corrected chi connectivity index (χ1v) is 11.9. The molecule has 1 atom stereocenters. The van der Waals surface area contributed by atoms with Crippen molar-refractivity contribution in [3.05, 3.63) is 88.6 Å². The van der Waals surface area contributed by atoms with Gasteiger partial charge in [0.2, 0.25) is 0 Å². The Labute approximate surface area is 205 Å². The number of carbonyl (C=O) groups excluding carboxylic acids is 1. The number of aromatic nitrogens is 2. The molecule has 0 bridgehead atoms. The average Bonchev–Trinajstić information content (AvgIpc) is 2.86. The van der Waals surface area contributed by atoms with E-state index in [-0.39, 0.29) is 11.9 Å². The van der Waals surface area contributed by atoms with Crippen molar-refractivity contribution in [2.75, 3.05) is 24.5 Å². The standard InChI is InChI=1S/C28H27ClN4O/c1-18-7-9-21(10-8-18)33-15-14-32(17-19(33)2)28(34)23-16-26(25-6-4-5-13-30-25)31-27-20(3)24(29)12-11-22(23)27/h4-13,16,19H,14-15,17H2,1-3H3/t19-/m0/s1. The van der Waals surface area contributed by atoms with E-state index in [9.17, 15) is 4.79 Å². The van der Waals surface area contributed by atoms with Gasteiger partial charge < -0.3 is 9.80 Å². The van der Waals surface area contributed by atoms with Gasteiger partial charge in [-0.25, -0.2) is 4.98 Å². The van der Waals surface area contributed by atoms with Crippen molar-refractivity contribution in [2.24, 2.45) is 0 Å². The number of benzene rings is 2. The van der Waals surface area contributed by atoms with Crippen LogP contribution in [0.5, 0.6) is 0 Å². The summed E-state index contributed by atoms with van der Waals surface area (Å²) in [5.41, 5.74) is 6.09. The molecule has 0 aliphatic carbocycles. The summed E-state index contributed by atoms with van der Waals surface area (Å²) in [4.78, 5) is 27.5. The van der Waals surface area contributed by atoms with Gasteiger partial charge in [-0.05, 0) is 62.7 Å². The van der Waals surface area contributed by atoms with E-state index in [1.807, 2.05) is 48.2 Å². The number of nitrogens with zero attached hydrogens (tertiary/aromatic N) is 4. The Hall–Kier alpha value is -3.44. The predicted octanol–water partition coefficient (Wildman–Crippen LogP) is 5.92. The molecule has 1 fully saturated rings. The highest BCUT2D eigenvalue weighted by atomic mass is 35.5. The van der Waals surface area contributed by atoms with Crippen molar-refractivity contribution >= 4 is 34.1 Å². The summed E-state index contributed by atoms with van der Waals surface area (Å²) in [5, 5.41) is 1.46. The number of anilines is 1. The predicted molar refractivity (Wildman–Crippen MR) is 139 cm³/mol. The summed E-state index contributed by atoms with van der Waals surface area (Å²) in [6, 6.07) is 20.1. The molecule has 0 spiro atoms. The molecule has 1 aliphatic rings. The fourth-order valence-electron chi connectivity index (χ4n) is 4.66. The maximum Gasteiger partial charge on any atom is 0.254 e. The summed E-state index contributed by atoms with van der Waals surface area (Å²) >= 11 is 6.41. The number of piperazine rings is 1. The topological polar surface area (TPSA) is 49.3 Å². The molecule has 0 saturated carbocycles. The van der Waals surface area contributed by atoms with Crippen LogP contribution in [0.1, 0.15) is 28.4 Å². The average molecular weight is 471 g/mol. The van der Waals surface area contributed by atoms with Crippen LogP contribution in [0.4, 0.5) is 5.69 Å². The number of hydrogen-bond donors (Lipinski definition) is 0. The van der Waals surface area contributed by atoms with Crippen molar-refractivity contribution in [2.45, 2.75) is 26.8 Å². The van der Waals surface area contributed by atoms with Crippen molar-refractivity contribution in [1.29, 1.82) is 0 Å². The zero-order valence-electron chi connectivity index (χ0n) is 19.6. The molecule has 1 amide bonds. The van der Waals surface area contributed by atoms with E-state index < -0.39 is 0 Å². The van der Waals surface area contributed by atoms with E-state index in [2.05, 4.69) is 48.0 Å². The molecule has 5 nitrogen and oxygen atoms in total. The Morgan fingerprint density at radius 1 is 1.00 bits per heavy atom. The van der Waals surface area contributed by atoms with Crippen LogP contribution in [0, 0.1) is 13.8 Å². The molecule has 1 aliphatic heterocycles. The molecule has 4 aromatic rings. The summed E-state index contributed by atoms with van der Waals surface area (Å²) < 4.78 is 0. The van der Waals surface area contributed by atoms with Crippen molar-refractivity contribution < 1.29 is 4.79 Å². The van der Waals surface area contributed by atoms with E-state index in [0.29, 0.717) is 29.4 Å². The minimum atomic E-state index is 0.0155. The normalized spacial score (nSPS) is 16.2. The number of carbonyl (C=O) groups is 1. The van der Waals surface area contributed by atoms with Crippen LogP contribution < -0.4 is 4.90 Å². The highest BCUT2D eigenvalue weighted by Crippen LogP contribution is 2.31. The van der Waals surface area contributed by atoms with E-state index >= 15 is 0 Å². The lowest BCUT2D eigenvalue weighted by Crippen LogP contribution is -2.53. The second kappa shape index (κ2) is 9.07. The van der Waals surface area contributed by atoms with Gasteiger partial charge in [0.05, 0.1) is 22.5 Å². The third kappa shape index (κ3) is 4.12. The van der Waals surface area contributed by atoms with Crippen LogP contribution in [0.2, 0.25) is 5.02 Å². The molecule has 172 valence electrons. The number of fused-ring (bicyclic) bond motifs is 1. The Balaban J connectivity index is 1.50. The van der Waals surface area contributed by atoms with Gasteiger partial charge in [0.25, 0.3) is 5.91 Å². The first kappa shape index (κ1) is 22.4. The van der Waals surface area contributed by atoms with Crippen LogP contribution in [-0.2, 0) is 0 Å². The monoisotopic (exact) mass is 470 g/mol. The SMILES string of the molecule is Cc1ccc(N2CCN(C(=O)c3cc(-c4ccccn4)nc4c(C)c(Cl)ccc34)C[C@@H]2C)cc1. The van der Waals surface area contributed by atoms with Gasteiger partial charge in [-0.2, -0.15) is 0 Å². The smallest absolute Gasteiger partial charge is 0.254 e. The van der Waals surface area contributed by atoms with Crippen LogP contribution in [-0.4, -0.2) is 46.5 Å². The summed E-state index contributed by atoms with van der Waals surface area (Å²) in [5.74, 6) is 0.0155. The third-order valence-corrected chi connectivity index (χ3v) is 7.02. The lowest BCUT2D eigenvalue weighted by Gasteiger charge is -2.41. The molecule has 6 heteroatoms. The lowest BCUT2D eigenvalue weighted by atomic mass is 10.0. The second-order valence-corrected chi connectivity index (χ2v) is 9.37. The van der Waals surface area contributed by atoms with E-state index in [4.69, 9.17) is 16.6 Å². The Morgan fingerprint density at radius 3 is 2.50 bits per heavy atom. The molecule has 0 unspecified atom stereocenters. The second-order valence-electron chi connectivity index (χ2n) is 8.97. The minimum absolute atomic E-state index is 0.0155. The van der Waals surface area contributed by atoms with Crippen molar-refractivity contribution in [1.82, 2.24) is 14.9 Å². The maximum atomic E-state index is 13.9. The Bertz CT molecular complexity index is 1350. The van der Waals surface area contributed by atoms with Gasteiger partial charge in [-0.3, -0.25) is 9.78 Å². The minimum Gasteiger partial charge on any atom is -0.365 e. The van der Waals surface area contributed by atoms with Gasteiger partial charge in [0, 0.05) is 48.0 Å². The van der Waals surface area contributed by atoms with Crippen LogP contribution in [0.25, 0.3) is 22.3 Å². The van der Waals surface area contributed by atoms with Gasteiger partial charge >= 0.3 is 0 Å². The molecule has 3 heterocycles. The zero-order chi connectivity index (χ0) is 23.8. The third-order valence-electron chi connectivity index (χ3n) is 6.61. The van der Waals surface area contributed by atoms with Gasteiger partial charge in [-0.15, -0.1) is 0 Å². The molecular weight excluding hydrogens is 444 g/mol. The van der Waals surface area contributed by atoms with Crippen LogP contribution in [0.15, 0.2) is 66.9 Å².